The number of hydrogen-bond acceptors (Lipinski definition) is 8. The molecule has 0 radical (unpaired) electrons. The largest absolute Gasteiger partial charge is 0.457 e. The highest BCUT2D eigenvalue weighted by molar-refractivity contribution is 7.22. The normalized spacial score (nSPS) is 19.7. The van der Waals surface area contributed by atoms with Gasteiger partial charge >= 0.3 is 0 Å². The van der Waals surface area contributed by atoms with Gasteiger partial charge in [-0.15, -0.1) is 0 Å². The summed E-state index contributed by atoms with van der Waals surface area (Å²) in [6.07, 6.45) is 5.43. The number of benzene rings is 2. The van der Waals surface area contributed by atoms with Crippen LogP contribution in [-0.4, -0.2) is 76.2 Å². The number of fused-ring (bicyclic) bond motifs is 1. The molecule has 2 aromatic carbocycles. The highest BCUT2D eigenvalue weighted by Crippen LogP contribution is 2.33. The number of aliphatic hydroxyl groups is 1. The molecule has 2 fully saturated rings. The Morgan fingerprint density at radius 2 is 1.75 bits per heavy atom. The molecule has 6 rings (SSSR count). The van der Waals surface area contributed by atoms with E-state index in [1.165, 1.54) is 0 Å². The summed E-state index contributed by atoms with van der Waals surface area (Å²) in [6, 6.07) is 17.3. The van der Waals surface area contributed by atoms with E-state index in [1.807, 2.05) is 59.5 Å². The summed E-state index contributed by atoms with van der Waals surface area (Å²) >= 11 is 1.57. The highest BCUT2D eigenvalue weighted by Gasteiger charge is 2.24. The lowest BCUT2D eigenvalue weighted by Crippen LogP contribution is -2.47. The van der Waals surface area contributed by atoms with Gasteiger partial charge in [0, 0.05) is 55.6 Å². The molecular weight excluding hydrogens is 522 g/mol. The van der Waals surface area contributed by atoms with Crippen molar-refractivity contribution in [3.8, 4) is 22.8 Å². The predicted octanol–water partition coefficient (Wildman–Crippen LogP) is 5.89. The Bertz CT molecular complexity index is 1450. The van der Waals surface area contributed by atoms with Gasteiger partial charge in [0.2, 0.25) is 0 Å². The van der Waals surface area contributed by atoms with Gasteiger partial charge in [0.1, 0.15) is 11.5 Å². The first kappa shape index (κ1) is 28.0. The Labute approximate surface area is 239 Å². The van der Waals surface area contributed by atoms with E-state index < -0.39 is 0 Å². The van der Waals surface area contributed by atoms with Crippen molar-refractivity contribution >= 4 is 32.6 Å². The Morgan fingerprint density at radius 3 is 2.52 bits per heavy atom. The maximum atomic E-state index is 12.9. The summed E-state index contributed by atoms with van der Waals surface area (Å²) in [5.74, 6) is 1.48. The fraction of sp³-hybridized carbons (Fsp3) is 0.387. The fourth-order valence-corrected chi connectivity index (χ4v) is 6.17. The van der Waals surface area contributed by atoms with Crippen LogP contribution in [0.3, 0.4) is 0 Å². The lowest BCUT2D eigenvalue weighted by molar-refractivity contribution is 0.0664. The van der Waals surface area contributed by atoms with E-state index in [9.17, 15) is 9.90 Å². The van der Waals surface area contributed by atoms with Crippen molar-refractivity contribution in [1.82, 2.24) is 19.8 Å². The molecule has 2 atom stereocenters. The number of thiazole rings is 1. The van der Waals surface area contributed by atoms with E-state index in [1.54, 1.807) is 17.5 Å². The van der Waals surface area contributed by atoms with E-state index in [4.69, 9.17) is 9.72 Å². The number of ether oxygens (including phenoxy) is 1. The van der Waals surface area contributed by atoms with Crippen LogP contribution >= 0.6 is 11.3 Å². The van der Waals surface area contributed by atoms with E-state index in [-0.39, 0.29) is 25.5 Å². The lowest BCUT2D eigenvalue weighted by atomic mass is 9.93. The van der Waals surface area contributed by atoms with Gasteiger partial charge in [0.15, 0.2) is 5.13 Å². The van der Waals surface area contributed by atoms with Crippen LogP contribution in [0.1, 0.15) is 43.5 Å². The first-order chi connectivity index (χ1) is 19.0. The second-order valence-corrected chi connectivity index (χ2v) is 11.4. The number of amides is 1. The lowest BCUT2D eigenvalue weighted by Gasteiger charge is -2.32. The molecule has 1 aliphatic heterocycles. The summed E-state index contributed by atoms with van der Waals surface area (Å²) in [6.45, 7) is 3.32. The van der Waals surface area contributed by atoms with Gasteiger partial charge in [-0.1, -0.05) is 43.7 Å². The predicted molar refractivity (Wildman–Crippen MR) is 161 cm³/mol. The zero-order valence-corrected chi connectivity index (χ0v) is 22.9. The standard InChI is InChI=1S/C30H33N5O3S.CH4/c1-34-14-16-35(17-15-34)29(37)21-8-6-20(7-9-21)26-18-23(12-13-31-26)38-22-10-11-25-28(19-22)39-30(33-25)32-24-4-2-3-5-27(24)36;/h6-13,18-19,24,27,36H,2-5,14-17H2,1H3,(H,32,33);1H4/t24-,27-;/m1./s1. The van der Waals surface area contributed by atoms with Gasteiger partial charge in [-0.05, 0) is 50.2 Å². The van der Waals surface area contributed by atoms with Crippen molar-refractivity contribution in [3.05, 3.63) is 66.4 Å². The summed E-state index contributed by atoms with van der Waals surface area (Å²) in [4.78, 5) is 26.2. The summed E-state index contributed by atoms with van der Waals surface area (Å²) in [5.41, 5.74) is 3.30. The molecule has 1 amide bonds. The third kappa shape index (κ3) is 6.27. The van der Waals surface area contributed by atoms with Crippen LogP contribution in [0.15, 0.2) is 60.8 Å². The molecule has 1 aliphatic carbocycles. The van der Waals surface area contributed by atoms with Crippen LogP contribution in [-0.2, 0) is 0 Å². The highest BCUT2D eigenvalue weighted by atomic mass is 32.1. The van der Waals surface area contributed by atoms with Gasteiger partial charge in [0.25, 0.3) is 5.91 Å². The van der Waals surface area contributed by atoms with Crippen molar-refractivity contribution in [3.63, 3.8) is 0 Å². The second kappa shape index (κ2) is 12.3. The van der Waals surface area contributed by atoms with Gasteiger partial charge in [0.05, 0.1) is 28.1 Å². The third-order valence-corrected chi connectivity index (χ3v) is 8.53. The first-order valence-corrected chi connectivity index (χ1v) is 14.4. The number of piperazine rings is 1. The number of rotatable bonds is 6. The number of carbonyl (C=O) groups is 1. The molecule has 1 saturated carbocycles. The molecule has 4 aromatic rings. The number of nitrogens with zero attached hydrogens (tertiary/aromatic N) is 4. The maximum Gasteiger partial charge on any atom is 0.253 e. The molecule has 0 bridgehead atoms. The average Bonchev–Trinajstić information content (AvgIpc) is 3.36. The molecule has 8 nitrogen and oxygen atoms in total. The second-order valence-electron chi connectivity index (χ2n) is 10.4. The van der Waals surface area contributed by atoms with Crippen LogP contribution in [0.5, 0.6) is 11.5 Å². The molecule has 2 N–H and O–H groups in total. The van der Waals surface area contributed by atoms with Crippen molar-refractivity contribution in [2.24, 2.45) is 0 Å². The van der Waals surface area contributed by atoms with Crippen molar-refractivity contribution < 1.29 is 14.6 Å². The molecule has 0 unspecified atom stereocenters. The molecule has 1 saturated heterocycles. The number of aromatic nitrogens is 2. The maximum absolute atomic E-state index is 12.9. The zero-order chi connectivity index (χ0) is 26.8. The molecule has 2 aliphatic rings. The fourth-order valence-electron chi connectivity index (χ4n) is 5.21. The molecule has 2 aromatic heterocycles. The van der Waals surface area contributed by atoms with Crippen LogP contribution in [0.4, 0.5) is 5.13 Å². The minimum atomic E-state index is -0.320. The molecule has 9 heteroatoms. The van der Waals surface area contributed by atoms with Crippen molar-refractivity contribution in [2.75, 3.05) is 38.5 Å². The van der Waals surface area contributed by atoms with Gasteiger partial charge in [-0.25, -0.2) is 4.98 Å². The Kier molecular flexibility index (Phi) is 8.63. The number of anilines is 1. The van der Waals surface area contributed by atoms with Crippen LogP contribution in [0, 0.1) is 0 Å². The molecular formula is C31H37N5O3S. The number of likely N-dealkylation sites (N-methyl/N-ethyl adjacent to an activating group) is 1. The van der Waals surface area contributed by atoms with E-state index in [2.05, 4.69) is 22.2 Å². The molecule has 3 heterocycles. The molecule has 210 valence electrons. The molecule has 40 heavy (non-hydrogen) atoms. The zero-order valence-electron chi connectivity index (χ0n) is 22.0. The number of hydrogen-bond donors (Lipinski definition) is 2. The van der Waals surface area contributed by atoms with Gasteiger partial charge in [-0.2, -0.15) is 0 Å². The third-order valence-electron chi connectivity index (χ3n) is 7.58. The van der Waals surface area contributed by atoms with Gasteiger partial charge in [-0.3, -0.25) is 9.78 Å². The number of aliphatic hydroxyl groups excluding tert-OH is 1. The smallest absolute Gasteiger partial charge is 0.253 e. The topological polar surface area (TPSA) is 90.8 Å². The van der Waals surface area contributed by atoms with E-state index in [0.29, 0.717) is 11.3 Å². The van der Waals surface area contributed by atoms with Crippen molar-refractivity contribution in [2.45, 2.75) is 45.3 Å². The van der Waals surface area contributed by atoms with Crippen molar-refractivity contribution in [1.29, 1.82) is 0 Å². The quantitative estimate of drug-likeness (QED) is 0.304. The van der Waals surface area contributed by atoms with E-state index in [0.717, 1.165) is 84.2 Å². The Hall–Kier alpha value is -3.53. The minimum Gasteiger partial charge on any atom is -0.457 e. The minimum absolute atomic E-state index is 0. The average molecular weight is 560 g/mol. The Balaban J connectivity index is 0.00000323. The Morgan fingerprint density at radius 1 is 1.00 bits per heavy atom. The SMILES string of the molecule is C.CN1CCN(C(=O)c2ccc(-c3cc(Oc4ccc5nc(N[C@@H]6CCCC[C@H]6O)sc5c4)ccn3)cc2)CC1. The number of pyridine rings is 1. The summed E-state index contributed by atoms with van der Waals surface area (Å²) in [7, 11) is 2.08. The first-order valence-electron chi connectivity index (χ1n) is 13.6. The number of nitrogens with one attached hydrogen (secondary N) is 1. The summed E-state index contributed by atoms with van der Waals surface area (Å²) < 4.78 is 7.21. The molecule has 0 spiro atoms. The van der Waals surface area contributed by atoms with Crippen LogP contribution in [0.25, 0.3) is 21.5 Å². The summed E-state index contributed by atoms with van der Waals surface area (Å²) in [5, 5.41) is 14.5. The monoisotopic (exact) mass is 559 g/mol. The van der Waals surface area contributed by atoms with Crippen LogP contribution in [0.2, 0.25) is 0 Å². The van der Waals surface area contributed by atoms with Crippen LogP contribution < -0.4 is 10.1 Å². The number of carbonyl (C=O) groups excluding carboxylic acids is 1. The van der Waals surface area contributed by atoms with Gasteiger partial charge < -0.3 is 25.0 Å². The van der Waals surface area contributed by atoms with E-state index >= 15 is 0 Å².